The van der Waals surface area contributed by atoms with Gasteiger partial charge in [-0.3, -0.25) is 34.3 Å². The Morgan fingerprint density at radius 3 is 2.43 bits per heavy atom. The van der Waals surface area contributed by atoms with Crippen LogP contribution in [0, 0.1) is 11.8 Å². The zero-order valence-electron chi connectivity index (χ0n) is 32.2. The first kappa shape index (κ1) is 37.8. The number of nitrogens with two attached hydrogens (primary N) is 2. The second-order valence-corrected chi connectivity index (χ2v) is 16.4. The highest BCUT2D eigenvalue weighted by Gasteiger charge is 2.48. The molecule has 4 saturated heterocycles. The summed E-state index contributed by atoms with van der Waals surface area (Å²) in [5, 5.41) is 15.4. The molecule has 15 heteroatoms. The van der Waals surface area contributed by atoms with Crippen molar-refractivity contribution in [3.8, 4) is 5.75 Å². The van der Waals surface area contributed by atoms with Crippen LogP contribution in [0.5, 0.6) is 5.75 Å². The van der Waals surface area contributed by atoms with Crippen molar-refractivity contribution in [3.63, 3.8) is 0 Å². The van der Waals surface area contributed by atoms with Crippen molar-refractivity contribution in [1.82, 2.24) is 30.2 Å². The Morgan fingerprint density at radius 1 is 0.982 bits per heavy atom. The van der Waals surface area contributed by atoms with Gasteiger partial charge in [-0.15, -0.1) is 0 Å². The summed E-state index contributed by atoms with van der Waals surface area (Å²) in [6, 6.07) is 11.8. The second kappa shape index (κ2) is 15.1. The lowest BCUT2D eigenvalue weighted by atomic mass is 9.90. The van der Waals surface area contributed by atoms with Crippen LogP contribution in [0.2, 0.25) is 0 Å². The van der Waals surface area contributed by atoms with E-state index in [9.17, 15) is 24.3 Å². The number of likely N-dealkylation sites (N-methyl/N-ethyl adjacent to an activating group) is 1. The molecule has 7 N–H and O–H groups in total. The Bertz CT molecular complexity index is 1970. The van der Waals surface area contributed by atoms with E-state index < -0.39 is 23.8 Å². The fraction of sp³-hybridized carbons (Fsp3) is 0.512. The quantitative estimate of drug-likeness (QED) is 0.252. The molecule has 7 aliphatic rings. The van der Waals surface area contributed by atoms with Crippen molar-refractivity contribution in [2.75, 3.05) is 78.0 Å². The molecule has 0 spiro atoms. The highest BCUT2D eigenvalue weighted by atomic mass is 16.5. The van der Waals surface area contributed by atoms with Crippen molar-refractivity contribution in [3.05, 3.63) is 76.7 Å². The molecule has 1 aliphatic carbocycles. The Labute approximate surface area is 327 Å². The molecule has 2 aromatic carbocycles. The van der Waals surface area contributed by atoms with Gasteiger partial charge in [-0.1, -0.05) is 12.1 Å². The summed E-state index contributed by atoms with van der Waals surface area (Å²) in [4.78, 5) is 60.3. The summed E-state index contributed by atoms with van der Waals surface area (Å²) in [5.74, 6) is 0.718. The molecule has 6 aliphatic heterocycles. The van der Waals surface area contributed by atoms with Gasteiger partial charge < -0.3 is 41.3 Å². The van der Waals surface area contributed by atoms with E-state index in [4.69, 9.17) is 16.2 Å². The van der Waals surface area contributed by atoms with Crippen LogP contribution in [0.4, 0.5) is 5.69 Å². The van der Waals surface area contributed by atoms with Gasteiger partial charge in [-0.05, 0) is 81.0 Å². The van der Waals surface area contributed by atoms with Crippen LogP contribution < -0.4 is 27.0 Å². The van der Waals surface area contributed by atoms with E-state index >= 15 is 0 Å². The van der Waals surface area contributed by atoms with E-state index in [1.807, 2.05) is 25.3 Å². The van der Waals surface area contributed by atoms with Gasteiger partial charge in [0, 0.05) is 89.4 Å². The number of piperazine rings is 1. The number of piperidine rings is 3. The number of ether oxygens (including phenoxy) is 1. The van der Waals surface area contributed by atoms with E-state index in [0.717, 1.165) is 86.8 Å². The number of benzene rings is 2. The van der Waals surface area contributed by atoms with Crippen LogP contribution >= 0.6 is 0 Å². The lowest BCUT2D eigenvalue weighted by Crippen LogP contribution is -2.58. The molecule has 0 radical (unpaired) electrons. The third-order valence-corrected chi connectivity index (χ3v) is 12.8. The van der Waals surface area contributed by atoms with Crippen molar-refractivity contribution in [2.45, 2.75) is 49.8 Å². The number of likely N-dealkylation sites (tertiary alicyclic amines) is 1. The molecule has 5 fully saturated rings. The summed E-state index contributed by atoms with van der Waals surface area (Å²) in [6.07, 6.45) is 5.33. The predicted octanol–water partition coefficient (Wildman–Crippen LogP) is 1.06. The highest BCUT2D eigenvalue weighted by molar-refractivity contribution is 6.23. The minimum Gasteiger partial charge on any atom is -0.507 e. The molecule has 2 aromatic rings. The van der Waals surface area contributed by atoms with E-state index in [-0.39, 0.29) is 30.1 Å². The predicted molar refractivity (Wildman–Crippen MR) is 210 cm³/mol. The Morgan fingerprint density at radius 2 is 1.71 bits per heavy atom. The minimum absolute atomic E-state index is 0.114. The lowest BCUT2D eigenvalue weighted by Gasteiger charge is -2.45. The molecule has 0 aromatic heterocycles. The molecule has 9 rings (SSSR count). The van der Waals surface area contributed by atoms with Crippen molar-refractivity contribution in [2.24, 2.45) is 23.3 Å². The summed E-state index contributed by atoms with van der Waals surface area (Å²) in [7, 11) is 3.95. The minimum atomic E-state index is -0.942. The molecule has 0 bridgehead atoms. The summed E-state index contributed by atoms with van der Waals surface area (Å²) < 4.78 is 6.04. The molecule has 4 amide bonds. The topological polar surface area (TPSA) is 190 Å². The summed E-state index contributed by atoms with van der Waals surface area (Å²) in [5.41, 5.74) is 15.8. The van der Waals surface area contributed by atoms with Crippen molar-refractivity contribution >= 4 is 35.0 Å². The number of hydrogen-bond acceptors (Lipinski definition) is 13. The molecular weight excluding hydrogens is 715 g/mol. The molecule has 1 saturated carbocycles. The molecule has 298 valence electrons. The summed E-state index contributed by atoms with van der Waals surface area (Å²) >= 11 is 0. The van der Waals surface area contributed by atoms with Crippen LogP contribution in [-0.2, 0) is 14.3 Å². The number of phenols is 1. The van der Waals surface area contributed by atoms with Gasteiger partial charge in [-0.25, -0.2) is 0 Å². The van der Waals surface area contributed by atoms with Crippen LogP contribution in [0.3, 0.4) is 0 Å². The molecular formula is C41H53N9O6. The number of nitrogens with one attached hydrogen (secondary N) is 2. The number of para-hydroxylation sites is 1. The lowest BCUT2D eigenvalue weighted by molar-refractivity contribution is -0.136. The fourth-order valence-corrected chi connectivity index (χ4v) is 9.37. The third kappa shape index (κ3) is 7.30. The van der Waals surface area contributed by atoms with Gasteiger partial charge in [0.15, 0.2) is 0 Å². The number of nitrogens with zero attached hydrogens (tertiary/aromatic N) is 5. The van der Waals surface area contributed by atoms with Gasteiger partial charge in [0.2, 0.25) is 11.8 Å². The number of hydrogen-bond donors (Lipinski definition) is 5. The zero-order chi connectivity index (χ0) is 39.3. The molecule has 4 unspecified atom stereocenters. The number of imide groups is 2. The van der Waals surface area contributed by atoms with E-state index in [1.165, 1.54) is 19.5 Å². The Kier molecular flexibility index (Phi) is 10.2. The first-order valence-electron chi connectivity index (χ1n) is 19.8. The van der Waals surface area contributed by atoms with Gasteiger partial charge in [0.25, 0.3) is 11.8 Å². The van der Waals surface area contributed by atoms with Crippen molar-refractivity contribution in [1.29, 1.82) is 0 Å². The number of aromatic hydroxyl groups is 1. The van der Waals surface area contributed by atoms with Crippen LogP contribution in [0.25, 0.3) is 5.70 Å². The average molecular weight is 768 g/mol. The zero-order valence-corrected chi connectivity index (χ0v) is 32.2. The Balaban J connectivity index is 0.000000174. The number of anilines is 1. The smallest absolute Gasteiger partial charge is 0.262 e. The average Bonchev–Trinajstić information content (AvgIpc) is 3.72. The van der Waals surface area contributed by atoms with E-state index in [1.54, 1.807) is 30.3 Å². The van der Waals surface area contributed by atoms with Gasteiger partial charge >= 0.3 is 0 Å². The standard InChI is InChI=1S/C25H30N4O5.C16H23N5O/c1-34-25(14-27-12-15-10-16(15)13-27)6-8-28(9-7-25)17-2-3-18-19(11-17)24(33)29(23(18)32)20-4-5-21(30)26-22(20)31;1-20-6-7-21-11(10-20)9-19-16(18)14(21)8-13(17)12-4-2-3-5-15(12)22/h2-3,11,15-16,20H,4-10,12-14H2,1H3,(H,26,30,31);2-5,8,11,19,22H,6-7,9-10,17-18H2,1H3/b;13-8-. The van der Waals surface area contributed by atoms with Crippen LogP contribution in [-0.4, -0.2) is 139 Å². The van der Waals surface area contributed by atoms with Gasteiger partial charge in [0.05, 0.1) is 28.5 Å². The number of carbonyl (C=O) groups excluding carboxylic acids is 4. The largest absolute Gasteiger partial charge is 0.507 e. The normalized spacial score (nSPS) is 27.6. The summed E-state index contributed by atoms with van der Waals surface area (Å²) in [6.45, 7) is 8.74. The van der Waals surface area contributed by atoms with Gasteiger partial charge in [-0.2, -0.15) is 0 Å². The number of phenolic OH excluding ortho intramolecular Hbond substituents is 1. The first-order chi connectivity index (χ1) is 26.9. The van der Waals surface area contributed by atoms with E-state index in [0.29, 0.717) is 34.3 Å². The maximum atomic E-state index is 13.1. The molecule has 6 heterocycles. The van der Waals surface area contributed by atoms with Gasteiger partial charge in [0.1, 0.15) is 17.6 Å². The third-order valence-electron chi connectivity index (χ3n) is 12.8. The number of allylic oxidation sites excluding steroid dienone is 1. The molecule has 15 nitrogen and oxygen atoms in total. The number of carbonyl (C=O) groups is 4. The number of methoxy groups -OCH3 is 1. The maximum Gasteiger partial charge on any atom is 0.262 e. The Hall–Kier alpha value is -5.12. The first-order valence-corrected chi connectivity index (χ1v) is 19.8. The molecule has 56 heavy (non-hydrogen) atoms. The fourth-order valence-electron chi connectivity index (χ4n) is 9.37. The number of fused-ring (bicyclic) bond motifs is 3. The maximum absolute atomic E-state index is 13.1. The number of rotatable bonds is 7. The second-order valence-electron chi connectivity index (χ2n) is 16.4. The van der Waals surface area contributed by atoms with Crippen molar-refractivity contribution < 1.29 is 29.0 Å². The van der Waals surface area contributed by atoms with E-state index in [2.05, 4.69) is 37.3 Å². The monoisotopic (exact) mass is 767 g/mol. The number of amides is 4. The SMILES string of the molecule is CN1CCN2C(/C=C(\N)c3ccccc3O)=C(N)NCC2C1.COC1(CN2CC3CC3C2)CCN(c2ccc3c(c2)C(=O)N(C2CCC(=O)NC2=O)C3=O)CC1. The highest BCUT2D eigenvalue weighted by Crippen LogP contribution is 2.46. The van der Waals surface area contributed by atoms with Crippen LogP contribution in [0.15, 0.2) is 60.1 Å². The van der Waals surface area contributed by atoms with Crippen LogP contribution in [0.1, 0.15) is 58.4 Å². The molecule has 4 atom stereocenters.